The van der Waals surface area contributed by atoms with E-state index in [1.807, 2.05) is 0 Å². The number of hydrogen-bond donors (Lipinski definition) is 3. The van der Waals surface area contributed by atoms with E-state index in [1.54, 1.807) is 0 Å². The molecule has 3 rings (SSSR count). The number of nitrogens with one attached hydrogen (secondary N) is 2. The summed E-state index contributed by atoms with van der Waals surface area (Å²) in [6.45, 7) is 0. The molecule has 3 N–H and O–H groups in total. The number of rotatable bonds is 5. The van der Waals surface area contributed by atoms with E-state index < -0.39 is 37.8 Å². The highest BCUT2D eigenvalue weighted by Crippen LogP contribution is 2.39. The van der Waals surface area contributed by atoms with Crippen LogP contribution in [0.5, 0.6) is 0 Å². The fourth-order valence-corrected chi connectivity index (χ4v) is 5.24. The first-order valence-electron chi connectivity index (χ1n) is 8.93. The lowest BCUT2D eigenvalue weighted by atomic mass is 10.2. The molecular weight excluding hydrogens is 560 g/mol. The van der Waals surface area contributed by atoms with E-state index in [2.05, 4.69) is 10.6 Å². The van der Waals surface area contributed by atoms with Gasteiger partial charge in [-0.05, 0) is 54.6 Å². The smallest absolute Gasteiger partial charge is 0.308 e. The third-order valence-corrected chi connectivity index (χ3v) is 7.10. The van der Waals surface area contributed by atoms with Crippen molar-refractivity contribution in [3.8, 4) is 0 Å². The standard InChI is InChI=1S/C20H12Cl3F3N2O4S2/c21-10-1-5-16(33-17-6-2-11(22)8-18(17)34(30,31)32)15(7-10)28-19(29)27-12-3-4-14(23)13(9-12)20(24,25)26/h1-9H,(H2,27,28,29)(H,30,31,32). The number of benzene rings is 3. The van der Waals surface area contributed by atoms with Crippen LogP contribution in [0.15, 0.2) is 69.3 Å². The molecule has 0 fully saturated rings. The minimum absolute atomic E-state index is 0.0759. The van der Waals surface area contributed by atoms with Gasteiger partial charge in [0.1, 0.15) is 4.90 Å². The molecule has 0 aliphatic heterocycles. The molecule has 0 radical (unpaired) electrons. The van der Waals surface area contributed by atoms with E-state index in [0.29, 0.717) is 11.0 Å². The van der Waals surface area contributed by atoms with Crippen molar-refractivity contribution in [1.29, 1.82) is 0 Å². The van der Waals surface area contributed by atoms with Gasteiger partial charge in [0, 0.05) is 25.5 Å². The zero-order valence-electron chi connectivity index (χ0n) is 16.5. The number of alkyl halides is 3. The number of carbonyl (C=O) groups is 1. The zero-order valence-corrected chi connectivity index (χ0v) is 20.4. The first-order chi connectivity index (χ1) is 15.7. The highest BCUT2D eigenvalue weighted by atomic mass is 35.5. The molecule has 180 valence electrons. The predicted molar refractivity (Wildman–Crippen MR) is 126 cm³/mol. The summed E-state index contributed by atoms with van der Waals surface area (Å²) in [5, 5.41) is 4.50. The topological polar surface area (TPSA) is 95.5 Å². The molecule has 34 heavy (non-hydrogen) atoms. The zero-order chi connectivity index (χ0) is 25.3. The fourth-order valence-electron chi connectivity index (χ4n) is 2.68. The summed E-state index contributed by atoms with van der Waals surface area (Å²) in [6, 6.07) is 10.1. The van der Waals surface area contributed by atoms with Crippen molar-refractivity contribution in [2.75, 3.05) is 10.6 Å². The van der Waals surface area contributed by atoms with Crippen LogP contribution in [0.1, 0.15) is 5.56 Å². The van der Waals surface area contributed by atoms with Crippen molar-refractivity contribution >= 4 is 74.1 Å². The van der Waals surface area contributed by atoms with E-state index in [-0.39, 0.29) is 26.3 Å². The molecule has 0 aliphatic rings. The van der Waals surface area contributed by atoms with E-state index in [4.69, 9.17) is 34.8 Å². The second-order valence-corrected chi connectivity index (χ2v) is 10.3. The quantitative estimate of drug-likeness (QED) is 0.273. The van der Waals surface area contributed by atoms with E-state index >= 15 is 0 Å². The van der Waals surface area contributed by atoms with Crippen molar-refractivity contribution in [3.05, 3.63) is 75.2 Å². The van der Waals surface area contributed by atoms with Gasteiger partial charge in [0.05, 0.1) is 16.3 Å². The van der Waals surface area contributed by atoms with Gasteiger partial charge in [-0.2, -0.15) is 21.6 Å². The molecule has 2 amide bonds. The summed E-state index contributed by atoms with van der Waals surface area (Å²) < 4.78 is 72.1. The summed E-state index contributed by atoms with van der Waals surface area (Å²) >= 11 is 18.3. The molecule has 0 spiro atoms. The highest BCUT2D eigenvalue weighted by molar-refractivity contribution is 8.00. The lowest BCUT2D eigenvalue weighted by molar-refractivity contribution is -0.137. The van der Waals surface area contributed by atoms with Gasteiger partial charge >= 0.3 is 12.2 Å². The largest absolute Gasteiger partial charge is 0.417 e. The van der Waals surface area contributed by atoms with Crippen LogP contribution in [0.4, 0.5) is 29.3 Å². The molecule has 6 nitrogen and oxygen atoms in total. The maximum atomic E-state index is 13.1. The van der Waals surface area contributed by atoms with Crippen LogP contribution in [-0.4, -0.2) is 19.0 Å². The Hall–Kier alpha value is -2.15. The first-order valence-corrected chi connectivity index (χ1v) is 12.3. The summed E-state index contributed by atoms with van der Waals surface area (Å²) in [7, 11) is -4.61. The van der Waals surface area contributed by atoms with E-state index in [9.17, 15) is 30.9 Å². The van der Waals surface area contributed by atoms with Crippen LogP contribution >= 0.6 is 46.6 Å². The average molecular weight is 572 g/mol. The van der Waals surface area contributed by atoms with Gasteiger partial charge in [0.25, 0.3) is 10.1 Å². The molecule has 0 unspecified atom stereocenters. The number of urea groups is 1. The SMILES string of the molecule is O=C(Nc1ccc(Cl)c(C(F)(F)F)c1)Nc1cc(Cl)ccc1Sc1ccc(Cl)cc1S(=O)(=O)O. The Morgan fingerprint density at radius 3 is 2.12 bits per heavy atom. The lowest BCUT2D eigenvalue weighted by Crippen LogP contribution is -2.20. The minimum Gasteiger partial charge on any atom is -0.308 e. The Kier molecular flexibility index (Phi) is 7.96. The molecule has 0 aliphatic carbocycles. The summed E-state index contributed by atoms with van der Waals surface area (Å²) in [5.41, 5.74) is -1.17. The Balaban J connectivity index is 1.88. The van der Waals surface area contributed by atoms with Crippen molar-refractivity contribution < 1.29 is 30.9 Å². The molecule has 14 heteroatoms. The summed E-state index contributed by atoms with van der Waals surface area (Å²) in [6.07, 6.45) is -4.72. The molecular formula is C20H12Cl3F3N2O4S2. The van der Waals surface area contributed by atoms with Crippen molar-refractivity contribution in [2.24, 2.45) is 0 Å². The van der Waals surface area contributed by atoms with Crippen molar-refractivity contribution in [3.63, 3.8) is 0 Å². The number of halogens is 6. The van der Waals surface area contributed by atoms with Gasteiger partial charge in [-0.1, -0.05) is 46.6 Å². The summed E-state index contributed by atoms with van der Waals surface area (Å²) in [4.78, 5) is 12.4. The van der Waals surface area contributed by atoms with Gasteiger partial charge in [-0.15, -0.1) is 0 Å². The molecule has 0 atom stereocenters. The molecule has 0 heterocycles. The Morgan fingerprint density at radius 1 is 0.882 bits per heavy atom. The normalized spacial score (nSPS) is 11.9. The number of anilines is 2. The second kappa shape index (κ2) is 10.2. The number of amides is 2. The average Bonchev–Trinajstić information content (AvgIpc) is 2.71. The van der Waals surface area contributed by atoms with Gasteiger partial charge in [0.15, 0.2) is 0 Å². The van der Waals surface area contributed by atoms with Crippen LogP contribution in [0.3, 0.4) is 0 Å². The minimum atomic E-state index is -4.72. The van der Waals surface area contributed by atoms with E-state index in [1.165, 1.54) is 36.4 Å². The number of hydrogen-bond acceptors (Lipinski definition) is 4. The van der Waals surface area contributed by atoms with E-state index in [0.717, 1.165) is 23.9 Å². The maximum Gasteiger partial charge on any atom is 0.417 e. The highest BCUT2D eigenvalue weighted by Gasteiger charge is 2.33. The van der Waals surface area contributed by atoms with Gasteiger partial charge < -0.3 is 10.6 Å². The van der Waals surface area contributed by atoms with Gasteiger partial charge in [-0.25, -0.2) is 4.79 Å². The first kappa shape index (κ1) is 26.5. The van der Waals surface area contributed by atoms with Gasteiger partial charge in [0.2, 0.25) is 0 Å². The molecule has 3 aromatic carbocycles. The number of carbonyl (C=O) groups excluding carboxylic acids is 1. The Labute approximate surface area is 211 Å². The van der Waals surface area contributed by atoms with Gasteiger partial charge in [-0.3, -0.25) is 4.55 Å². The van der Waals surface area contributed by atoms with Crippen LogP contribution in [-0.2, 0) is 16.3 Å². The van der Waals surface area contributed by atoms with Crippen molar-refractivity contribution in [1.82, 2.24) is 0 Å². The van der Waals surface area contributed by atoms with Crippen molar-refractivity contribution in [2.45, 2.75) is 20.9 Å². The molecule has 0 saturated carbocycles. The lowest BCUT2D eigenvalue weighted by Gasteiger charge is -2.15. The third kappa shape index (κ3) is 6.71. The molecule has 3 aromatic rings. The van der Waals surface area contributed by atoms with Crippen LogP contribution < -0.4 is 10.6 Å². The Morgan fingerprint density at radius 2 is 1.50 bits per heavy atom. The third-order valence-electron chi connectivity index (χ3n) is 4.12. The molecule has 0 aromatic heterocycles. The monoisotopic (exact) mass is 570 g/mol. The molecule has 0 saturated heterocycles. The maximum absolute atomic E-state index is 13.1. The summed E-state index contributed by atoms with van der Waals surface area (Å²) in [5.74, 6) is 0. The molecule has 0 bridgehead atoms. The van der Waals surface area contributed by atoms with Crippen LogP contribution in [0.25, 0.3) is 0 Å². The predicted octanol–water partition coefficient (Wildman–Crippen LogP) is 7.71. The second-order valence-electron chi connectivity index (χ2n) is 6.58. The van der Waals surface area contributed by atoms with Crippen LogP contribution in [0.2, 0.25) is 15.1 Å². The Bertz CT molecular complexity index is 1370. The van der Waals surface area contributed by atoms with Crippen LogP contribution in [0, 0.1) is 0 Å². The fraction of sp³-hybridized carbons (Fsp3) is 0.0500.